The SMILES string of the molecule is Cc1ccccc1CCCN(C)CC(=O)O. The van der Waals surface area contributed by atoms with Crippen molar-refractivity contribution in [1.82, 2.24) is 4.90 Å². The van der Waals surface area contributed by atoms with E-state index in [1.165, 1.54) is 11.1 Å². The number of carboxylic acids is 1. The molecule has 0 fully saturated rings. The first-order valence-corrected chi connectivity index (χ1v) is 5.54. The van der Waals surface area contributed by atoms with Crippen molar-refractivity contribution in [3.8, 4) is 0 Å². The van der Waals surface area contributed by atoms with Gasteiger partial charge in [-0.25, -0.2) is 0 Å². The second kappa shape index (κ2) is 6.28. The Morgan fingerprint density at radius 2 is 2.06 bits per heavy atom. The Bertz CT molecular complexity index is 350. The predicted octanol–water partition coefficient (Wildman–Crippen LogP) is 1.94. The minimum absolute atomic E-state index is 0.119. The van der Waals surface area contributed by atoms with Crippen molar-refractivity contribution in [2.45, 2.75) is 19.8 Å². The van der Waals surface area contributed by atoms with Crippen LogP contribution in [0.2, 0.25) is 0 Å². The number of rotatable bonds is 6. The molecule has 0 aliphatic rings. The summed E-state index contributed by atoms with van der Waals surface area (Å²) in [6.45, 7) is 3.05. The van der Waals surface area contributed by atoms with Crippen LogP contribution >= 0.6 is 0 Å². The normalized spacial score (nSPS) is 10.7. The summed E-state index contributed by atoms with van der Waals surface area (Å²) in [5.41, 5.74) is 2.66. The number of likely N-dealkylation sites (N-methyl/N-ethyl adjacent to an activating group) is 1. The van der Waals surface area contributed by atoms with E-state index < -0.39 is 5.97 Å². The standard InChI is InChI=1S/C13H19NO2/c1-11-6-3-4-7-12(11)8-5-9-14(2)10-13(15)16/h3-4,6-7H,5,8-10H2,1-2H3,(H,15,16). The second-order valence-corrected chi connectivity index (χ2v) is 4.16. The largest absolute Gasteiger partial charge is 0.480 e. The molecule has 0 spiro atoms. The Morgan fingerprint density at radius 3 is 2.69 bits per heavy atom. The van der Waals surface area contributed by atoms with Crippen LogP contribution in [0.3, 0.4) is 0 Å². The zero-order valence-corrected chi connectivity index (χ0v) is 9.94. The maximum atomic E-state index is 10.5. The summed E-state index contributed by atoms with van der Waals surface area (Å²) in [6, 6.07) is 8.32. The van der Waals surface area contributed by atoms with Gasteiger partial charge < -0.3 is 5.11 Å². The number of carbonyl (C=O) groups is 1. The van der Waals surface area contributed by atoms with Gasteiger partial charge in [0.2, 0.25) is 0 Å². The van der Waals surface area contributed by atoms with E-state index in [0.717, 1.165) is 19.4 Å². The van der Waals surface area contributed by atoms with Gasteiger partial charge in [-0.3, -0.25) is 9.69 Å². The fraction of sp³-hybridized carbons (Fsp3) is 0.462. The molecule has 0 saturated heterocycles. The average molecular weight is 221 g/mol. The molecule has 0 aliphatic heterocycles. The first-order chi connectivity index (χ1) is 7.59. The lowest BCUT2D eigenvalue weighted by Crippen LogP contribution is -2.26. The van der Waals surface area contributed by atoms with Gasteiger partial charge in [-0.05, 0) is 44.5 Å². The quantitative estimate of drug-likeness (QED) is 0.798. The molecule has 0 unspecified atom stereocenters. The van der Waals surface area contributed by atoms with E-state index in [4.69, 9.17) is 5.11 Å². The summed E-state index contributed by atoms with van der Waals surface area (Å²) in [7, 11) is 1.84. The van der Waals surface area contributed by atoms with Crippen molar-refractivity contribution in [2.24, 2.45) is 0 Å². The van der Waals surface area contributed by atoms with Crippen LogP contribution in [-0.2, 0) is 11.2 Å². The summed E-state index contributed by atoms with van der Waals surface area (Å²) in [5.74, 6) is -0.765. The number of nitrogens with zero attached hydrogens (tertiary/aromatic N) is 1. The summed E-state index contributed by atoms with van der Waals surface area (Å²) in [5, 5.41) is 8.60. The maximum Gasteiger partial charge on any atom is 0.317 e. The van der Waals surface area contributed by atoms with Gasteiger partial charge in [0, 0.05) is 0 Å². The Labute approximate surface area is 96.7 Å². The van der Waals surface area contributed by atoms with Crippen molar-refractivity contribution >= 4 is 5.97 Å². The van der Waals surface area contributed by atoms with Crippen LogP contribution < -0.4 is 0 Å². The molecule has 1 aromatic carbocycles. The monoisotopic (exact) mass is 221 g/mol. The first kappa shape index (κ1) is 12.7. The van der Waals surface area contributed by atoms with Gasteiger partial charge in [0.25, 0.3) is 0 Å². The number of hydrogen-bond donors (Lipinski definition) is 1. The smallest absolute Gasteiger partial charge is 0.317 e. The highest BCUT2D eigenvalue weighted by atomic mass is 16.4. The van der Waals surface area contributed by atoms with Gasteiger partial charge in [0.1, 0.15) is 0 Å². The number of carboxylic acid groups (broad SMARTS) is 1. The zero-order chi connectivity index (χ0) is 12.0. The second-order valence-electron chi connectivity index (χ2n) is 4.16. The van der Waals surface area contributed by atoms with Crippen LogP contribution in [-0.4, -0.2) is 36.1 Å². The molecule has 88 valence electrons. The van der Waals surface area contributed by atoms with E-state index in [0.29, 0.717) is 0 Å². The molecule has 1 aromatic rings. The number of aliphatic carboxylic acids is 1. The molecule has 3 nitrogen and oxygen atoms in total. The third-order valence-electron chi connectivity index (χ3n) is 2.65. The lowest BCUT2D eigenvalue weighted by Gasteiger charge is -2.13. The van der Waals surface area contributed by atoms with Crippen molar-refractivity contribution in [3.05, 3.63) is 35.4 Å². The lowest BCUT2D eigenvalue weighted by molar-refractivity contribution is -0.137. The third kappa shape index (κ3) is 4.45. The van der Waals surface area contributed by atoms with E-state index in [1.807, 2.05) is 24.1 Å². The first-order valence-electron chi connectivity index (χ1n) is 5.54. The van der Waals surface area contributed by atoms with Crippen molar-refractivity contribution in [3.63, 3.8) is 0 Å². The fourth-order valence-corrected chi connectivity index (χ4v) is 1.74. The topological polar surface area (TPSA) is 40.5 Å². The summed E-state index contributed by atoms with van der Waals surface area (Å²) in [4.78, 5) is 12.3. The Morgan fingerprint density at radius 1 is 1.38 bits per heavy atom. The fourth-order valence-electron chi connectivity index (χ4n) is 1.74. The van der Waals surface area contributed by atoms with E-state index in [9.17, 15) is 4.79 Å². The average Bonchev–Trinajstić information content (AvgIpc) is 2.19. The number of aryl methyl sites for hydroxylation is 2. The van der Waals surface area contributed by atoms with E-state index in [2.05, 4.69) is 19.1 Å². The Balaban J connectivity index is 2.30. The highest BCUT2D eigenvalue weighted by Gasteiger charge is 2.04. The highest BCUT2D eigenvalue weighted by molar-refractivity contribution is 5.68. The summed E-state index contributed by atoms with van der Waals surface area (Å²) in [6.07, 6.45) is 2.01. The molecule has 1 rings (SSSR count). The molecule has 3 heteroatoms. The van der Waals surface area contributed by atoms with Crippen LogP contribution in [0.25, 0.3) is 0 Å². The summed E-state index contributed by atoms with van der Waals surface area (Å²) < 4.78 is 0. The van der Waals surface area contributed by atoms with E-state index in [-0.39, 0.29) is 6.54 Å². The van der Waals surface area contributed by atoms with Crippen molar-refractivity contribution < 1.29 is 9.90 Å². The molecule has 1 N–H and O–H groups in total. The molecule has 0 bridgehead atoms. The zero-order valence-electron chi connectivity index (χ0n) is 9.94. The molecule has 0 atom stereocenters. The van der Waals surface area contributed by atoms with Gasteiger partial charge in [0.15, 0.2) is 0 Å². The Hall–Kier alpha value is -1.35. The molecule has 0 amide bonds. The number of hydrogen-bond acceptors (Lipinski definition) is 2. The third-order valence-corrected chi connectivity index (χ3v) is 2.65. The van der Waals surface area contributed by atoms with Crippen LogP contribution in [0.5, 0.6) is 0 Å². The number of benzene rings is 1. The molecule has 0 saturated carbocycles. The van der Waals surface area contributed by atoms with E-state index >= 15 is 0 Å². The Kier molecular flexibility index (Phi) is 4.99. The van der Waals surface area contributed by atoms with Gasteiger partial charge in [-0.1, -0.05) is 24.3 Å². The highest BCUT2D eigenvalue weighted by Crippen LogP contribution is 2.09. The molecule has 16 heavy (non-hydrogen) atoms. The molecular weight excluding hydrogens is 202 g/mol. The van der Waals surface area contributed by atoms with Gasteiger partial charge in [-0.15, -0.1) is 0 Å². The van der Waals surface area contributed by atoms with Gasteiger partial charge in [-0.2, -0.15) is 0 Å². The van der Waals surface area contributed by atoms with Gasteiger partial charge in [0.05, 0.1) is 6.54 Å². The lowest BCUT2D eigenvalue weighted by atomic mass is 10.0. The maximum absolute atomic E-state index is 10.5. The molecule has 0 aromatic heterocycles. The van der Waals surface area contributed by atoms with Gasteiger partial charge >= 0.3 is 5.97 Å². The van der Waals surface area contributed by atoms with Crippen LogP contribution in [0.15, 0.2) is 24.3 Å². The summed E-state index contributed by atoms with van der Waals surface area (Å²) >= 11 is 0. The predicted molar refractivity (Wildman–Crippen MR) is 64.6 cm³/mol. The minimum atomic E-state index is -0.765. The van der Waals surface area contributed by atoms with Crippen LogP contribution in [0.4, 0.5) is 0 Å². The van der Waals surface area contributed by atoms with Crippen LogP contribution in [0.1, 0.15) is 17.5 Å². The molecular formula is C13H19NO2. The van der Waals surface area contributed by atoms with Crippen molar-refractivity contribution in [1.29, 1.82) is 0 Å². The van der Waals surface area contributed by atoms with E-state index in [1.54, 1.807) is 0 Å². The molecule has 0 heterocycles. The minimum Gasteiger partial charge on any atom is -0.480 e. The molecule has 0 radical (unpaired) electrons. The molecule has 0 aliphatic carbocycles. The van der Waals surface area contributed by atoms with Crippen LogP contribution in [0, 0.1) is 6.92 Å². The van der Waals surface area contributed by atoms with Crippen molar-refractivity contribution in [2.75, 3.05) is 20.1 Å².